The molecule has 3 aromatic carbocycles. The molecule has 200 valence electrons. The van der Waals surface area contributed by atoms with Crippen LogP contribution >= 0.6 is 0 Å². The van der Waals surface area contributed by atoms with E-state index in [2.05, 4.69) is 35.8 Å². The molecule has 0 amide bonds. The maximum Gasteiger partial charge on any atom is 0.295 e. The number of benzene rings is 3. The van der Waals surface area contributed by atoms with Gasteiger partial charge in [0.1, 0.15) is 4.90 Å². The molecule has 11 heteroatoms. The summed E-state index contributed by atoms with van der Waals surface area (Å²) >= 11 is 0. The summed E-state index contributed by atoms with van der Waals surface area (Å²) in [5.74, 6) is 1.46. The molecule has 1 fully saturated rings. The molecule has 0 bridgehead atoms. The largest absolute Gasteiger partial charge is 0.338 e. The van der Waals surface area contributed by atoms with Crippen LogP contribution in [0.3, 0.4) is 0 Å². The molecular weight excluding hydrogens is 514 g/mol. The predicted molar refractivity (Wildman–Crippen MR) is 154 cm³/mol. The van der Waals surface area contributed by atoms with Gasteiger partial charge in [-0.05, 0) is 53.9 Å². The Kier molecular flexibility index (Phi) is 7.82. The summed E-state index contributed by atoms with van der Waals surface area (Å²) < 4.78 is 32.9. The average molecular weight is 544 g/mol. The number of hydrogen-bond donors (Lipinski definition) is 4. The second kappa shape index (κ2) is 11.6. The van der Waals surface area contributed by atoms with Crippen molar-refractivity contribution in [2.75, 3.05) is 41.7 Å². The van der Waals surface area contributed by atoms with Gasteiger partial charge in [-0.2, -0.15) is 23.4 Å². The highest BCUT2D eigenvalue weighted by Crippen LogP contribution is 2.24. The third-order valence-electron chi connectivity index (χ3n) is 6.22. The summed E-state index contributed by atoms with van der Waals surface area (Å²) in [6.07, 6.45) is 3.49. The zero-order valence-corrected chi connectivity index (χ0v) is 22.2. The Bertz CT molecular complexity index is 1590. The van der Waals surface area contributed by atoms with Gasteiger partial charge in [0.2, 0.25) is 17.8 Å². The molecule has 5 rings (SSSR count). The monoisotopic (exact) mass is 543 g/mol. The lowest BCUT2D eigenvalue weighted by molar-refractivity contribution is 0.483. The van der Waals surface area contributed by atoms with Crippen molar-refractivity contribution in [1.82, 2.24) is 20.3 Å². The van der Waals surface area contributed by atoms with Crippen molar-refractivity contribution < 1.29 is 13.0 Å². The normalized spacial score (nSPS) is 13.9. The van der Waals surface area contributed by atoms with Gasteiger partial charge in [-0.25, -0.2) is 0 Å². The van der Waals surface area contributed by atoms with E-state index >= 15 is 0 Å². The van der Waals surface area contributed by atoms with E-state index in [1.807, 2.05) is 61.5 Å². The summed E-state index contributed by atoms with van der Waals surface area (Å²) in [6.45, 7) is 5.28. The summed E-state index contributed by atoms with van der Waals surface area (Å²) in [4.78, 5) is 15.9. The molecule has 0 unspecified atom stereocenters. The number of anilines is 5. The van der Waals surface area contributed by atoms with Crippen molar-refractivity contribution in [3.8, 4) is 0 Å². The lowest BCUT2D eigenvalue weighted by atomic mass is 10.1. The Morgan fingerprint density at radius 2 is 1.46 bits per heavy atom. The van der Waals surface area contributed by atoms with Gasteiger partial charge in [0.15, 0.2) is 0 Å². The van der Waals surface area contributed by atoms with E-state index in [9.17, 15) is 13.0 Å². The third kappa shape index (κ3) is 6.77. The molecule has 0 atom stereocenters. The van der Waals surface area contributed by atoms with Crippen molar-refractivity contribution >= 4 is 51.5 Å². The van der Waals surface area contributed by atoms with Gasteiger partial charge in [-0.3, -0.25) is 4.55 Å². The average Bonchev–Trinajstić information content (AvgIpc) is 2.93. The first kappa shape index (κ1) is 26.3. The number of rotatable bonds is 8. The standard InChI is InChI=1S/C28H29N7O3S/c1-20-19-24(14-13-21(20)11-12-22-7-5-6-10-25(22)39(36,37)38)31-27-32-26(30-23-8-3-2-4-9-23)33-28(34-27)35-17-15-29-16-18-35/h2-14,19,29H,15-18H2,1H3,(H,36,37,38)(H2,30,31,32,33,34)/b12-11+. The van der Waals surface area contributed by atoms with E-state index in [1.165, 1.54) is 6.07 Å². The van der Waals surface area contributed by atoms with Crippen molar-refractivity contribution in [3.05, 3.63) is 89.5 Å². The highest BCUT2D eigenvalue weighted by Gasteiger charge is 2.17. The van der Waals surface area contributed by atoms with Crippen molar-refractivity contribution in [2.45, 2.75) is 11.8 Å². The van der Waals surface area contributed by atoms with Crippen LogP contribution in [0.1, 0.15) is 16.7 Å². The van der Waals surface area contributed by atoms with Gasteiger partial charge in [0, 0.05) is 37.6 Å². The second-order valence-electron chi connectivity index (χ2n) is 9.05. The minimum absolute atomic E-state index is 0.132. The first-order valence-corrected chi connectivity index (χ1v) is 14.0. The number of nitrogens with one attached hydrogen (secondary N) is 3. The molecule has 0 spiro atoms. The number of aromatic nitrogens is 3. The zero-order valence-electron chi connectivity index (χ0n) is 21.4. The van der Waals surface area contributed by atoms with Gasteiger partial charge < -0.3 is 20.9 Å². The summed E-state index contributed by atoms with van der Waals surface area (Å²) in [5.41, 5.74) is 3.94. The molecule has 1 aromatic heterocycles. The van der Waals surface area contributed by atoms with Crippen LogP contribution < -0.4 is 20.9 Å². The lowest BCUT2D eigenvalue weighted by Gasteiger charge is -2.27. The first-order valence-electron chi connectivity index (χ1n) is 12.5. The molecule has 1 aliphatic heterocycles. The molecule has 0 saturated carbocycles. The Morgan fingerprint density at radius 3 is 2.15 bits per heavy atom. The van der Waals surface area contributed by atoms with Gasteiger partial charge in [-0.1, -0.05) is 54.6 Å². The van der Waals surface area contributed by atoms with Crippen molar-refractivity contribution in [3.63, 3.8) is 0 Å². The predicted octanol–water partition coefficient (Wildman–Crippen LogP) is 4.49. The van der Waals surface area contributed by atoms with Gasteiger partial charge in [0.25, 0.3) is 10.1 Å². The fraction of sp³-hybridized carbons (Fsp3) is 0.179. The quantitative estimate of drug-likeness (QED) is 0.186. The number of nitrogens with zero attached hydrogens (tertiary/aromatic N) is 4. The maximum absolute atomic E-state index is 11.7. The Hall–Kier alpha value is -4.32. The van der Waals surface area contributed by atoms with E-state index in [0.717, 1.165) is 48.7 Å². The summed E-state index contributed by atoms with van der Waals surface area (Å²) in [5, 5.41) is 9.91. The van der Waals surface area contributed by atoms with Gasteiger partial charge in [0.05, 0.1) is 0 Å². The van der Waals surface area contributed by atoms with Gasteiger partial charge >= 0.3 is 0 Å². The molecule has 0 aliphatic carbocycles. The molecule has 2 heterocycles. The fourth-order valence-electron chi connectivity index (χ4n) is 4.24. The van der Waals surface area contributed by atoms with Crippen LogP contribution in [0.5, 0.6) is 0 Å². The van der Waals surface area contributed by atoms with Gasteiger partial charge in [-0.15, -0.1) is 0 Å². The topological polar surface area (TPSA) is 132 Å². The second-order valence-corrected chi connectivity index (χ2v) is 10.4. The smallest absolute Gasteiger partial charge is 0.295 e. The molecule has 10 nitrogen and oxygen atoms in total. The van der Waals surface area contributed by atoms with E-state index in [-0.39, 0.29) is 4.90 Å². The number of aryl methyl sites for hydroxylation is 1. The summed E-state index contributed by atoms with van der Waals surface area (Å²) in [6, 6.07) is 21.8. The third-order valence-corrected chi connectivity index (χ3v) is 7.15. The fourth-order valence-corrected chi connectivity index (χ4v) is 4.92. The van der Waals surface area contributed by atoms with Crippen LogP contribution in [0.15, 0.2) is 77.7 Å². The number of para-hydroxylation sites is 1. The molecular formula is C28H29N7O3S. The van der Waals surface area contributed by atoms with Crippen LogP contribution in [-0.2, 0) is 10.1 Å². The first-order chi connectivity index (χ1) is 18.8. The number of piperazine rings is 1. The minimum atomic E-state index is -4.32. The number of hydrogen-bond acceptors (Lipinski definition) is 9. The Balaban J connectivity index is 1.39. The van der Waals surface area contributed by atoms with Crippen LogP contribution in [-0.4, -0.2) is 54.1 Å². The lowest BCUT2D eigenvalue weighted by Crippen LogP contribution is -2.44. The highest BCUT2D eigenvalue weighted by molar-refractivity contribution is 7.85. The highest BCUT2D eigenvalue weighted by atomic mass is 32.2. The van der Waals surface area contributed by atoms with Crippen LogP contribution in [0.2, 0.25) is 0 Å². The minimum Gasteiger partial charge on any atom is -0.338 e. The summed E-state index contributed by atoms with van der Waals surface area (Å²) in [7, 11) is -4.32. The van der Waals surface area contributed by atoms with Crippen molar-refractivity contribution in [2.24, 2.45) is 0 Å². The zero-order chi connectivity index (χ0) is 27.2. The SMILES string of the molecule is Cc1cc(Nc2nc(Nc3ccccc3)nc(N3CCNCC3)n2)ccc1/C=C/c1ccccc1S(=O)(=O)O. The van der Waals surface area contributed by atoms with E-state index in [0.29, 0.717) is 23.4 Å². The van der Waals surface area contributed by atoms with Crippen molar-refractivity contribution in [1.29, 1.82) is 0 Å². The molecule has 4 aromatic rings. The van der Waals surface area contributed by atoms with Crippen LogP contribution in [0, 0.1) is 6.92 Å². The maximum atomic E-state index is 11.7. The van der Waals surface area contributed by atoms with E-state index in [4.69, 9.17) is 0 Å². The Labute approximate surface area is 227 Å². The van der Waals surface area contributed by atoms with E-state index < -0.39 is 10.1 Å². The van der Waals surface area contributed by atoms with Crippen LogP contribution in [0.4, 0.5) is 29.2 Å². The molecule has 4 N–H and O–H groups in total. The molecule has 1 aliphatic rings. The molecule has 39 heavy (non-hydrogen) atoms. The van der Waals surface area contributed by atoms with Crippen LogP contribution in [0.25, 0.3) is 12.2 Å². The Morgan fingerprint density at radius 1 is 0.821 bits per heavy atom. The molecule has 0 radical (unpaired) electrons. The molecule has 1 saturated heterocycles. The van der Waals surface area contributed by atoms with E-state index in [1.54, 1.807) is 24.3 Å².